The Morgan fingerprint density at radius 1 is 1.45 bits per heavy atom. The van der Waals surface area contributed by atoms with E-state index in [0.717, 1.165) is 11.8 Å². The Bertz CT molecular complexity index is 579. The number of sulfonamides is 1. The monoisotopic (exact) mass is 302 g/mol. The van der Waals surface area contributed by atoms with Gasteiger partial charge in [-0.25, -0.2) is 12.8 Å². The van der Waals surface area contributed by atoms with E-state index in [1.807, 2.05) is 4.90 Å². The topological polar surface area (TPSA) is 60.9 Å². The SMILES string of the molecule is CN(Cc1cccc(F)c1)C1CN(S(C)(=O)=O)CC1O. The molecule has 0 aromatic heterocycles. The van der Waals surface area contributed by atoms with Gasteiger partial charge in [0.25, 0.3) is 0 Å². The molecule has 1 N–H and O–H groups in total. The van der Waals surface area contributed by atoms with E-state index in [9.17, 15) is 17.9 Å². The molecule has 7 heteroatoms. The summed E-state index contributed by atoms with van der Waals surface area (Å²) in [4.78, 5) is 1.85. The smallest absolute Gasteiger partial charge is 0.211 e. The molecule has 0 bridgehead atoms. The highest BCUT2D eigenvalue weighted by Gasteiger charge is 2.37. The van der Waals surface area contributed by atoms with Crippen molar-refractivity contribution in [2.75, 3.05) is 26.4 Å². The number of likely N-dealkylation sites (N-methyl/N-ethyl adjacent to an activating group) is 1. The van der Waals surface area contributed by atoms with Gasteiger partial charge in [0, 0.05) is 19.6 Å². The van der Waals surface area contributed by atoms with Crippen LogP contribution in [0.5, 0.6) is 0 Å². The average molecular weight is 302 g/mol. The van der Waals surface area contributed by atoms with Crippen molar-refractivity contribution < 1.29 is 17.9 Å². The van der Waals surface area contributed by atoms with Crippen molar-refractivity contribution in [2.45, 2.75) is 18.7 Å². The van der Waals surface area contributed by atoms with Crippen molar-refractivity contribution in [3.05, 3.63) is 35.6 Å². The number of benzene rings is 1. The fraction of sp³-hybridized carbons (Fsp3) is 0.538. The lowest BCUT2D eigenvalue weighted by Gasteiger charge is -2.26. The summed E-state index contributed by atoms with van der Waals surface area (Å²) in [6, 6.07) is 5.96. The summed E-state index contributed by atoms with van der Waals surface area (Å²) in [6.45, 7) is 0.819. The number of β-amino-alcohol motifs (C(OH)–C–C–N with tert-alkyl or cyclic N) is 1. The van der Waals surface area contributed by atoms with Crippen LogP contribution in [0.2, 0.25) is 0 Å². The zero-order valence-electron chi connectivity index (χ0n) is 11.5. The van der Waals surface area contributed by atoms with Crippen LogP contribution >= 0.6 is 0 Å². The molecule has 20 heavy (non-hydrogen) atoms. The fourth-order valence-electron chi connectivity index (χ4n) is 2.48. The molecule has 2 unspecified atom stereocenters. The van der Waals surface area contributed by atoms with Crippen LogP contribution in [0.1, 0.15) is 5.56 Å². The van der Waals surface area contributed by atoms with Crippen molar-refractivity contribution in [1.29, 1.82) is 0 Å². The van der Waals surface area contributed by atoms with E-state index < -0.39 is 16.1 Å². The Labute approximate surface area is 118 Å². The number of hydrogen-bond acceptors (Lipinski definition) is 4. The predicted molar refractivity (Wildman–Crippen MR) is 74.1 cm³/mol. The molecule has 1 fully saturated rings. The third-order valence-corrected chi connectivity index (χ3v) is 4.82. The molecule has 0 radical (unpaired) electrons. The maximum atomic E-state index is 13.1. The summed E-state index contributed by atoms with van der Waals surface area (Å²) in [6.07, 6.45) is 0.401. The zero-order chi connectivity index (χ0) is 14.9. The lowest BCUT2D eigenvalue weighted by molar-refractivity contribution is 0.0953. The van der Waals surface area contributed by atoms with Gasteiger partial charge in [0.05, 0.1) is 18.4 Å². The normalized spacial score (nSPS) is 24.4. The maximum Gasteiger partial charge on any atom is 0.211 e. The van der Waals surface area contributed by atoms with E-state index in [0.29, 0.717) is 6.54 Å². The highest BCUT2D eigenvalue weighted by Crippen LogP contribution is 2.19. The van der Waals surface area contributed by atoms with Crippen LogP contribution in [0.4, 0.5) is 4.39 Å². The highest BCUT2D eigenvalue weighted by molar-refractivity contribution is 7.88. The molecule has 1 aliphatic heterocycles. The van der Waals surface area contributed by atoms with Crippen LogP contribution in [-0.2, 0) is 16.6 Å². The predicted octanol–water partition coefficient (Wildman–Crippen LogP) is 0.262. The van der Waals surface area contributed by atoms with E-state index in [1.54, 1.807) is 19.2 Å². The quantitative estimate of drug-likeness (QED) is 0.867. The first-order chi connectivity index (χ1) is 9.27. The Kier molecular flexibility index (Phi) is 4.43. The third-order valence-electron chi connectivity index (χ3n) is 3.58. The van der Waals surface area contributed by atoms with Crippen LogP contribution < -0.4 is 0 Å². The first-order valence-corrected chi connectivity index (χ1v) is 8.20. The minimum Gasteiger partial charge on any atom is -0.390 e. The molecule has 5 nitrogen and oxygen atoms in total. The summed E-state index contributed by atoms with van der Waals surface area (Å²) in [7, 11) is -1.50. The number of rotatable bonds is 4. The van der Waals surface area contributed by atoms with Crippen molar-refractivity contribution in [1.82, 2.24) is 9.21 Å². The van der Waals surface area contributed by atoms with Crippen LogP contribution in [0.15, 0.2) is 24.3 Å². The lowest BCUT2D eigenvalue weighted by atomic mass is 10.1. The molecule has 1 aromatic carbocycles. The minimum atomic E-state index is -3.29. The summed E-state index contributed by atoms with van der Waals surface area (Å²) >= 11 is 0. The third kappa shape index (κ3) is 3.54. The Hall–Kier alpha value is -1.02. The molecular weight excluding hydrogens is 283 g/mol. The average Bonchev–Trinajstić information content (AvgIpc) is 2.71. The van der Waals surface area contributed by atoms with Gasteiger partial charge in [0.15, 0.2) is 0 Å². The molecule has 1 aliphatic rings. The summed E-state index contributed by atoms with van der Waals surface area (Å²) < 4.78 is 37.4. The first-order valence-electron chi connectivity index (χ1n) is 6.35. The molecule has 0 saturated carbocycles. The number of aliphatic hydroxyl groups is 1. The summed E-state index contributed by atoms with van der Waals surface area (Å²) in [5.74, 6) is -0.305. The standard InChI is InChI=1S/C13H19FN2O3S/c1-15(7-10-4-3-5-11(14)6-10)12-8-16(9-13(12)17)20(2,18)19/h3-6,12-13,17H,7-9H2,1-2H3. The molecule has 112 valence electrons. The molecule has 0 amide bonds. The summed E-state index contributed by atoms with van der Waals surface area (Å²) in [5, 5.41) is 10.0. The maximum absolute atomic E-state index is 13.1. The van der Waals surface area contributed by atoms with Crippen molar-refractivity contribution >= 4 is 10.0 Å². The van der Waals surface area contributed by atoms with E-state index in [4.69, 9.17) is 0 Å². The van der Waals surface area contributed by atoms with Crippen LogP contribution in [-0.4, -0.2) is 61.3 Å². The molecule has 2 rings (SSSR count). The van der Waals surface area contributed by atoms with Gasteiger partial charge < -0.3 is 5.11 Å². The molecule has 1 aromatic rings. The number of aliphatic hydroxyl groups excluding tert-OH is 1. The molecule has 0 aliphatic carbocycles. The number of hydrogen-bond donors (Lipinski definition) is 1. The summed E-state index contributed by atoms with van der Waals surface area (Å²) in [5.41, 5.74) is 0.789. The van der Waals surface area contributed by atoms with Gasteiger partial charge in [-0.1, -0.05) is 12.1 Å². The van der Waals surface area contributed by atoms with Gasteiger partial charge in [-0.05, 0) is 24.7 Å². The van der Waals surface area contributed by atoms with Crippen molar-refractivity contribution in [3.8, 4) is 0 Å². The Balaban J connectivity index is 2.04. The van der Waals surface area contributed by atoms with Gasteiger partial charge in [-0.3, -0.25) is 4.90 Å². The van der Waals surface area contributed by atoms with Crippen molar-refractivity contribution in [3.63, 3.8) is 0 Å². The van der Waals surface area contributed by atoms with Gasteiger partial charge in [-0.2, -0.15) is 4.31 Å². The van der Waals surface area contributed by atoms with Gasteiger partial charge in [-0.15, -0.1) is 0 Å². The number of nitrogens with zero attached hydrogens (tertiary/aromatic N) is 2. The van der Waals surface area contributed by atoms with E-state index in [1.165, 1.54) is 16.4 Å². The second-order valence-corrected chi connectivity index (χ2v) is 7.24. The van der Waals surface area contributed by atoms with Gasteiger partial charge >= 0.3 is 0 Å². The van der Waals surface area contributed by atoms with Gasteiger partial charge in [0.1, 0.15) is 5.82 Å². The second kappa shape index (κ2) is 5.77. The molecule has 1 heterocycles. The minimum absolute atomic E-state index is 0.108. The second-order valence-electron chi connectivity index (χ2n) is 5.26. The van der Waals surface area contributed by atoms with E-state index in [2.05, 4.69) is 0 Å². The number of halogens is 1. The molecular formula is C13H19FN2O3S. The van der Waals surface area contributed by atoms with Crippen LogP contribution in [0.3, 0.4) is 0 Å². The van der Waals surface area contributed by atoms with Crippen molar-refractivity contribution in [2.24, 2.45) is 0 Å². The fourth-order valence-corrected chi connectivity index (χ4v) is 3.33. The van der Waals surface area contributed by atoms with Crippen LogP contribution in [0, 0.1) is 5.82 Å². The van der Waals surface area contributed by atoms with E-state index >= 15 is 0 Å². The highest BCUT2D eigenvalue weighted by atomic mass is 32.2. The largest absolute Gasteiger partial charge is 0.390 e. The molecule has 0 spiro atoms. The molecule has 1 saturated heterocycles. The Morgan fingerprint density at radius 3 is 2.70 bits per heavy atom. The molecule has 2 atom stereocenters. The van der Waals surface area contributed by atoms with Gasteiger partial charge in [0.2, 0.25) is 10.0 Å². The lowest BCUT2D eigenvalue weighted by Crippen LogP contribution is -2.40. The van der Waals surface area contributed by atoms with E-state index in [-0.39, 0.29) is 24.9 Å². The first kappa shape index (κ1) is 15.4. The zero-order valence-corrected chi connectivity index (χ0v) is 12.3. The van der Waals surface area contributed by atoms with Crippen LogP contribution in [0.25, 0.3) is 0 Å². The Morgan fingerprint density at radius 2 is 2.15 bits per heavy atom.